The molecule has 0 bridgehead atoms. The molecule has 96 valence electrons. The number of hydrogen-bond acceptors (Lipinski definition) is 2. The van der Waals surface area contributed by atoms with Crippen molar-refractivity contribution in [1.82, 2.24) is 4.90 Å². The van der Waals surface area contributed by atoms with Crippen LogP contribution in [0.3, 0.4) is 0 Å². The number of benzene rings is 1. The molecule has 0 aliphatic rings. The summed E-state index contributed by atoms with van der Waals surface area (Å²) in [5.41, 5.74) is 7.13. The molecule has 1 unspecified atom stereocenters. The van der Waals surface area contributed by atoms with Gasteiger partial charge in [0.2, 0.25) is 0 Å². The number of likely N-dealkylation sites (N-methyl/N-ethyl adjacent to an activating group) is 1. The number of nitrogens with two attached hydrogens (primary N) is 1. The van der Waals surface area contributed by atoms with Crippen molar-refractivity contribution in [2.75, 3.05) is 19.6 Å². The molecular formula is C14H23ClN2. The normalized spacial score (nSPS) is 14.9. The molecule has 0 aromatic heterocycles. The smallest absolute Gasteiger partial charge is 0.0438 e. The van der Waals surface area contributed by atoms with E-state index < -0.39 is 0 Å². The van der Waals surface area contributed by atoms with Crippen LogP contribution >= 0.6 is 11.6 Å². The standard InChI is InChI=1S/C14H23ClN2/c1-4-17(5-2)14(3,11-16)10-12-8-6-7-9-13(12)15/h6-9H,4-5,10-11,16H2,1-3H3. The molecule has 0 aliphatic carbocycles. The van der Waals surface area contributed by atoms with Gasteiger partial charge in [-0.05, 0) is 38.1 Å². The molecule has 0 amide bonds. The molecule has 0 saturated heterocycles. The van der Waals surface area contributed by atoms with Gasteiger partial charge in [0, 0.05) is 17.1 Å². The molecule has 1 aromatic carbocycles. The fraction of sp³-hybridized carbons (Fsp3) is 0.571. The van der Waals surface area contributed by atoms with Gasteiger partial charge >= 0.3 is 0 Å². The molecule has 0 radical (unpaired) electrons. The van der Waals surface area contributed by atoms with Gasteiger partial charge in [-0.25, -0.2) is 0 Å². The maximum atomic E-state index is 6.22. The summed E-state index contributed by atoms with van der Waals surface area (Å²) in [5, 5.41) is 0.833. The quantitative estimate of drug-likeness (QED) is 0.846. The first-order chi connectivity index (χ1) is 8.07. The predicted molar refractivity (Wildman–Crippen MR) is 75.5 cm³/mol. The Morgan fingerprint density at radius 3 is 2.29 bits per heavy atom. The maximum Gasteiger partial charge on any atom is 0.0438 e. The van der Waals surface area contributed by atoms with E-state index in [1.54, 1.807) is 0 Å². The van der Waals surface area contributed by atoms with Crippen molar-refractivity contribution in [2.45, 2.75) is 32.7 Å². The molecule has 2 N–H and O–H groups in total. The third-order valence-electron chi connectivity index (χ3n) is 3.50. The fourth-order valence-corrected chi connectivity index (χ4v) is 2.55. The Morgan fingerprint density at radius 1 is 1.24 bits per heavy atom. The summed E-state index contributed by atoms with van der Waals surface area (Å²) >= 11 is 6.22. The summed E-state index contributed by atoms with van der Waals surface area (Å²) in [4.78, 5) is 2.40. The van der Waals surface area contributed by atoms with Gasteiger partial charge in [-0.3, -0.25) is 4.90 Å². The van der Waals surface area contributed by atoms with Crippen LogP contribution in [0.25, 0.3) is 0 Å². The highest BCUT2D eigenvalue weighted by Gasteiger charge is 2.29. The van der Waals surface area contributed by atoms with Crippen molar-refractivity contribution < 1.29 is 0 Å². The van der Waals surface area contributed by atoms with E-state index in [2.05, 4.69) is 31.7 Å². The van der Waals surface area contributed by atoms with E-state index in [4.69, 9.17) is 17.3 Å². The number of hydrogen-bond donors (Lipinski definition) is 1. The Morgan fingerprint density at radius 2 is 1.82 bits per heavy atom. The molecule has 1 atom stereocenters. The van der Waals surface area contributed by atoms with Crippen LogP contribution in [-0.2, 0) is 6.42 Å². The summed E-state index contributed by atoms with van der Waals surface area (Å²) in [6.07, 6.45) is 0.894. The lowest BCUT2D eigenvalue weighted by atomic mass is 9.90. The minimum absolute atomic E-state index is 0.0194. The second-order valence-corrected chi connectivity index (χ2v) is 5.05. The molecule has 0 saturated carbocycles. The first-order valence-corrected chi connectivity index (χ1v) is 6.63. The molecular weight excluding hydrogens is 232 g/mol. The fourth-order valence-electron chi connectivity index (χ4n) is 2.35. The lowest BCUT2D eigenvalue weighted by Crippen LogP contribution is -2.53. The second kappa shape index (κ2) is 6.39. The SMILES string of the molecule is CCN(CC)C(C)(CN)Cc1ccccc1Cl. The molecule has 1 rings (SSSR count). The number of halogens is 1. The Kier molecular flexibility index (Phi) is 5.44. The van der Waals surface area contributed by atoms with Gasteiger partial charge < -0.3 is 5.73 Å². The van der Waals surface area contributed by atoms with Crippen LogP contribution < -0.4 is 5.73 Å². The van der Waals surface area contributed by atoms with Gasteiger partial charge in [-0.1, -0.05) is 43.6 Å². The van der Waals surface area contributed by atoms with Crippen molar-refractivity contribution in [3.05, 3.63) is 34.9 Å². The minimum atomic E-state index is -0.0194. The van der Waals surface area contributed by atoms with E-state index in [-0.39, 0.29) is 5.54 Å². The van der Waals surface area contributed by atoms with Crippen LogP contribution in [0.4, 0.5) is 0 Å². The summed E-state index contributed by atoms with van der Waals surface area (Å²) < 4.78 is 0. The Labute approximate surface area is 110 Å². The van der Waals surface area contributed by atoms with Crippen molar-refractivity contribution in [3.8, 4) is 0 Å². The van der Waals surface area contributed by atoms with Crippen LogP contribution in [0.15, 0.2) is 24.3 Å². The molecule has 0 spiro atoms. The van der Waals surface area contributed by atoms with E-state index in [0.29, 0.717) is 6.54 Å². The van der Waals surface area contributed by atoms with Gasteiger partial charge in [0.1, 0.15) is 0 Å². The van der Waals surface area contributed by atoms with E-state index in [1.165, 1.54) is 5.56 Å². The molecule has 3 heteroatoms. The summed E-state index contributed by atoms with van der Waals surface area (Å²) in [7, 11) is 0. The first-order valence-electron chi connectivity index (χ1n) is 6.26. The van der Waals surface area contributed by atoms with Crippen LogP contribution in [0.2, 0.25) is 5.02 Å². The summed E-state index contributed by atoms with van der Waals surface area (Å²) in [5.74, 6) is 0. The molecule has 0 aliphatic heterocycles. The Hall–Kier alpha value is -0.570. The lowest BCUT2D eigenvalue weighted by molar-refractivity contribution is 0.124. The first kappa shape index (κ1) is 14.5. The van der Waals surface area contributed by atoms with Gasteiger partial charge in [-0.2, -0.15) is 0 Å². The Bertz CT molecular complexity index is 350. The van der Waals surface area contributed by atoms with Crippen LogP contribution in [0.5, 0.6) is 0 Å². The van der Waals surface area contributed by atoms with Gasteiger partial charge in [-0.15, -0.1) is 0 Å². The maximum absolute atomic E-state index is 6.22. The average Bonchev–Trinajstić information content (AvgIpc) is 2.33. The second-order valence-electron chi connectivity index (χ2n) is 4.64. The van der Waals surface area contributed by atoms with Crippen molar-refractivity contribution >= 4 is 11.6 Å². The van der Waals surface area contributed by atoms with Crippen LogP contribution in [-0.4, -0.2) is 30.1 Å². The minimum Gasteiger partial charge on any atom is -0.329 e. The van der Waals surface area contributed by atoms with Crippen LogP contribution in [0, 0.1) is 0 Å². The number of nitrogens with zero attached hydrogens (tertiary/aromatic N) is 1. The number of rotatable bonds is 6. The van der Waals surface area contributed by atoms with Crippen molar-refractivity contribution in [3.63, 3.8) is 0 Å². The lowest BCUT2D eigenvalue weighted by Gasteiger charge is -2.40. The third kappa shape index (κ3) is 3.44. The molecule has 1 aromatic rings. The van der Waals surface area contributed by atoms with Crippen molar-refractivity contribution in [1.29, 1.82) is 0 Å². The van der Waals surface area contributed by atoms with Gasteiger partial charge in [0.15, 0.2) is 0 Å². The van der Waals surface area contributed by atoms with E-state index in [0.717, 1.165) is 24.5 Å². The molecule has 0 heterocycles. The zero-order valence-electron chi connectivity index (χ0n) is 11.0. The van der Waals surface area contributed by atoms with E-state index in [1.807, 2.05) is 18.2 Å². The van der Waals surface area contributed by atoms with Crippen LogP contribution in [0.1, 0.15) is 26.3 Å². The summed E-state index contributed by atoms with van der Waals surface area (Å²) in [6, 6.07) is 8.01. The zero-order chi connectivity index (χ0) is 12.9. The highest BCUT2D eigenvalue weighted by Crippen LogP contribution is 2.24. The Balaban J connectivity index is 2.92. The summed E-state index contributed by atoms with van der Waals surface area (Å²) in [6.45, 7) is 9.21. The van der Waals surface area contributed by atoms with Gasteiger partial charge in [0.05, 0.1) is 0 Å². The van der Waals surface area contributed by atoms with Gasteiger partial charge in [0.25, 0.3) is 0 Å². The average molecular weight is 255 g/mol. The molecule has 0 fully saturated rings. The predicted octanol–water partition coefficient (Wildman–Crippen LogP) is 2.94. The molecule has 17 heavy (non-hydrogen) atoms. The topological polar surface area (TPSA) is 29.3 Å². The largest absolute Gasteiger partial charge is 0.329 e. The monoisotopic (exact) mass is 254 g/mol. The highest BCUT2D eigenvalue weighted by atomic mass is 35.5. The van der Waals surface area contributed by atoms with Crippen molar-refractivity contribution in [2.24, 2.45) is 5.73 Å². The zero-order valence-corrected chi connectivity index (χ0v) is 11.8. The molecule has 2 nitrogen and oxygen atoms in total. The highest BCUT2D eigenvalue weighted by molar-refractivity contribution is 6.31. The van der Waals surface area contributed by atoms with E-state index in [9.17, 15) is 0 Å². The van der Waals surface area contributed by atoms with E-state index >= 15 is 0 Å². The third-order valence-corrected chi connectivity index (χ3v) is 3.86.